The molecule has 4 nitrogen and oxygen atoms in total. The summed E-state index contributed by atoms with van der Waals surface area (Å²) >= 11 is 4.55. The number of nitrogens with one attached hydrogen (secondary N) is 1. The second kappa shape index (κ2) is 5.72. The van der Waals surface area contributed by atoms with Crippen LogP contribution in [0.1, 0.15) is 4.88 Å². The van der Waals surface area contributed by atoms with Crippen LogP contribution in [0.25, 0.3) is 11.3 Å². The fourth-order valence-corrected chi connectivity index (χ4v) is 3.56. The van der Waals surface area contributed by atoms with E-state index in [9.17, 15) is 0 Å². The molecular formula is C9H11ClN4S3. The van der Waals surface area contributed by atoms with Gasteiger partial charge in [0.15, 0.2) is 5.13 Å². The molecule has 0 aromatic carbocycles. The molecule has 0 fully saturated rings. The number of nitrogens with zero attached hydrogens (tertiary/aromatic N) is 1. The first kappa shape index (κ1) is 14.3. The number of halogens is 1. The van der Waals surface area contributed by atoms with Crippen LogP contribution in [0.4, 0.5) is 5.13 Å². The molecule has 5 N–H and O–H groups in total. The monoisotopic (exact) mass is 306 g/mol. The van der Waals surface area contributed by atoms with Crippen molar-refractivity contribution in [3.05, 3.63) is 16.3 Å². The van der Waals surface area contributed by atoms with Gasteiger partial charge >= 0.3 is 0 Å². The van der Waals surface area contributed by atoms with Gasteiger partial charge in [-0.25, -0.2) is 4.98 Å². The molecule has 0 aliphatic carbocycles. The fourth-order valence-electron chi connectivity index (χ4n) is 1.25. The van der Waals surface area contributed by atoms with Crippen molar-refractivity contribution in [3.8, 4) is 11.3 Å². The van der Waals surface area contributed by atoms with E-state index in [4.69, 9.17) is 16.9 Å². The topological polar surface area (TPSA) is 88.8 Å². The molecule has 0 bridgehead atoms. The predicted molar refractivity (Wildman–Crippen MR) is 79.9 cm³/mol. The quantitative estimate of drug-likeness (QED) is 0.462. The summed E-state index contributed by atoms with van der Waals surface area (Å²) in [7, 11) is 0. The van der Waals surface area contributed by atoms with Crippen LogP contribution in [0.2, 0.25) is 0 Å². The third-order valence-electron chi connectivity index (χ3n) is 1.95. The Kier molecular flexibility index (Phi) is 4.81. The zero-order valence-electron chi connectivity index (χ0n) is 8.89. The van der Waals surface area contributed by atoms with Crippen LogP contribution in [0, 0.1) is 5.41 Å². The number of thioether (sulfide) groups is 1. The number of thiophene rings is 1. The molecule has 17 heavy (non-hydrogen) atoms. The smallest absolute Gasteiger partial charge is 0.180 e. The number of hydrogen-bond donors (Lipinski definition) is 3. The second-order valence-electron chi connectivity index (χ2n) is 3.00. The highest BCUT2D eigenvalue weighted by atomic mass is 35.5. The predicted octanol–water partition coefficient (Wildman–Crippen LogP) is 2.88. The summed E-state index contributed by atoms with van der Waals surface area (Å²) in [6.07, 6.45) is 2.00. The van der Waals surface area contributed by atoms with Gasteiger partial charge in [0.25, 0.3) is 0 Å². The third kappa shape index (κ3) is 2.92. The molecule has 8 heteroatoms. The van der Waals surface area contributed by atoms with Crippen molar-refractivity contribution in [1.29, 1.82) is 5.41 Å². The van der Waals surface area contributed by atoms with Crippen molar-refractivity contribution < 1.29 is 0 Å². The molecule has 0 saturated carbocycles. The Morgan fingerprint density at radius 1 is 1.53 bits per heavy atom. The summed E-state index contributed by atoms with van der Waals surface area (Å²) in [5.41, 5.74) is 13.0. The maximum Gasteiger partial charge on any atom is 0.180 e. The van der Waals surface area contributed by atoms with Crippen LogP contribution >= 0.6 is 46.8 Å². The maximum atomic E-state index is 7.42. The van der Waals surface area contributed by atoms with Gasteiger partial charge in [0, 0.05) is 10.9 Å². The molecular weight excluding hydrogens is 296 g/mol. The Bertz CT molecular complexity index is 534. The number of nitrogens with two attached hydrogens (primary N) is 2. The minimum absolute atomic E-state index is 0. The molecule has 0 aliphatic heterocycles. The highest BCUT2D eigenvalue weighted by Crippen LogP contribution is 2.38. The number of nitrogen functional groups attached to an aromatic ring is 2. The lowest BCUT2D eigenvalue weighted by Crippen LogP contribution is -2.08. The standard InChI is InChI=1S/C9H10N4S3.ClH/c1-14-8-4(2-6(16-8)7(10)11)5-3-15-9(12)13-5;/h2-3H,1H3,(H3,10,11)(H2,12,13);1H. The van der Waals surface area contributed by atoms with E-state index in [-0.39, 0.29) is 18.2 Å². The van der Waals surface area contributed by atoms with Gasteiger partial charge in [0.2, 0.25) is 0 Å². The zero-order chi connectivity index (χ0) is 11.7. The van der Waals surface area contributed by atoms with Crippen molar-refractivity contribution in [2.45, 2.75) is 4.21 Å². The molecule has 2 heterocycles. The lowest BCUT2D eigenvalue weighted by atomic mass is 10.2. The third-order valence-corrected chi connectivity index (χ3v) is 4.92. The van der Waals surface area contributed by atoms with Gasteiger partial charge in [-0.15, -0.1) is 46.8 Å². The van der Waals surface area contributed by atoms with E-state index in [1.165, 1.54) is 22.7 Å². The lowest BCUT2D eigenvalue weighted by Gasteiger charge is -1.94. The number of amidine groups is 1. The molecule has 0 saturated heterocycles. The molecule has 0 radical (unpaired) electrons. The van der Waals surface area contributed by atoms with Crippen molar-refractivity contribution in [2.75, 3.05) is 12.0 Å². The van der Waals surface area contributed by atoms with E-state index in [0.29, 0.717) is 5.13 Å². The van der Waals surface area contributed by atoms with Gasteiger partial charge in [-0.1, -0.05) is 0 Å². The number of aromatic nitrogens is 1. The van der Waals surface area contributed by atoms with E-state index in [2.05, 4.69) is 4.98 Å². The van der Waals surface area contributed by atoms with Crippen molar-refractivity contribution >= 4 is 57.8 Å². The van der Waals surface area contributed by atoms with Gasteiger partial charge in [-0.2, -0.15) is 0 Å². The van der Waals surface area contributed by atoms with Crippen molar-refractivity contribution in [2.24, 2.45) is 5.73 Å². The maximum absolute atomic E-state index is 7.42. The first-order chi connectivity index (χ1) is 7.61. The molecule has 0 spiro atoms. The minimum Gasteiger partial charge on any atom is -0.383 e. The Labute approximate surface area is 117 Å². The first-order valence-electron chi connectivity index (χ1n) is 4.35. The fraction of sp³-hybridized carbons (Fsp3) is 0.111. The summed E-state index contributed by atoms with van der Waals surface area (Å²) in [6, 6.07) is 1.90. The van der Waals surface area contributed by atoms with E-state index in [1.54, 1.807) is 11.8 Å². The second-order valence-corrected chi connectivity index (χ2v) is 6.02. The number of rotatable bonds is 3. The molecule has 0 unspecified atom stereocenters. The summed E-state index contributed by atoms with van der Waals surface area (Å²) in [6.45, 7) is 0. The van der Waals surface area contributed by atoms with Gasteiger partial charge < -0.3 is 11.5 Å². The molecule has 0 aliphatic rings. The van der Waals surface area contributed by atoms with Crippen LogP contribution in [-0.4, -0.2) is 17.1 Å². The Balaban J connectivity index is 0.00000144. The van der Waals surface area contributed by atoms with Crippen LogP contribution in [-0.2, 0) is 0 Å². The van der Waals surface area contributed by atoms with E-state index >= 15 is 0 Å². The molecule has 0 atom stereocenters. The number of thiazole rings is 1. The Hall–Kier alpha value is -0.760. The Morgan fingerprint density at radius 2 is 2.24 bits per heavy atom. The summed E-state index contributed by atoms with van der Waals surface area (Å²) in [5, 5.41) is 9.90. The minimum atomic E-state index is 0. The van der Waals surface area contributed by atoms with E-state index < -0.39 is 0 Å². The number of hydrogen-bond acceptors (Lipinski definition) is 6. The van der Waals surface area contributed by atoms with Crippen LogP contribution in [0.15, 0.2) is 15.7 Å². The van der Waals surface area contributed by atoms with Crippen LogP contribution < -0.4 is 11.5 Å². The largest absolute Gasteiger partial charge is 0.383 e. The lowest BCUT2D eigenvalue weighted by molar-refractivity contribution is 1.40. The van der Waals surface area contributed by atoms with Crippen molar-refractivity contribution in [3.63, 3.8) is 0 Å². The van der Waals surface area contributed by atoms with E-state index in [1.807, 2.05) is 17.7 Å². The first-order valence-corrected chi connectivity index (χ1v) is 7.27. The molecule has 0 amide bonds. The van der Waals surface area contributed by atoms with Crippen LogP contribution in [0.5, 0.6) is 0 Å². The average Bonchev–Trinajstić information content (AvgIpc) is 2.82. The highest BCUT2D eigenvalue weighted by molar-refractivity contribution is 8.00. The van der Waals surface area contributed by atoms with Gasteiger partial charge in [-0.3, -0.25) is 5.41 Å². The van der Waals surface area contributed by atoms with Gasteiger partial charge in [-0.05, 0) is 12.3 Å². The van der Waals surface area contributed by atoms with Gasteiger partial charge in [0.1, 0.15) is 5.84 Å². The zero-order valence-corrected chi connectivity index (χ0v) is 12.2. The highest BCUT2D eigenvalue weighted by Gasteiger charge is 2.14. The molecule has 92 valence electrons. The van der Waals surface area contributed by atoms with Gasteiger partial charge in [0.05, 0.1) is 14.8 Å². The Morgan fingerprint density at radius 3 is 2.71 bits per heavy atom. The summed E-state index contributed by atoms with van der Waals surface area (Å²) < 4.78 is 1.11. The number of anilines is 1. The van der Waals surface area contributed by atoms with Crippen molar-refractivity contribution in [1.82, 2.24) is 4.98 Å². The van der Waals surface area contributed by atoms with E-state index in [0.717, 1.165) is 20.3 Å². The SMILES string of the molecule is CSc1sc(C(=N)N)cc1-c1csc(N)n1.Cl. The molecule has 2 aromatic rings. The molecule has 2 rings (SSSR count). The average molecular weight is 307 g/mol. The summed E-state index contributed by atoms with van der Waals surface area (Å²) in [4.78, 5) is 5.01. The van der Waals surface area contributed by atoms with Crippen LogP contribution in [0.3, 0.4) is 0 Å². The molecule has 2 aromatic heterocycles. The summed E-state index contributed by atoms with van der Waals surface area (Å²) in [5.74, 6) is 0.0924. The normalized spacial score (nSPS) is 9.94.